The van der Waals surface area contributed by atoms with Crippen LogP contribution in [0.4, 0.5) is 13.2 Å². The van der Waals surface area contributed by atoms with Gasteiger partial charge in [-0.15, -0.1) is 0 Å². The van der Waals surface area contributed by atoms with Gasteiger partial charge in [-0.1, -0.05) is 28.1 Å². The molecular weight excluding hydrogens is 335 g/mol. The topological polar surface area (TPSA) is 20.3 Å². The van der Waals surface area contributed by atoms with Crippen LogP contribution in [0.15, 0.2) is 24.3 Å². The van der Waals surface area contributed by atoms with Crippen molar-refractivity contribution in [1.82, 2.24) is 4.90 Å². The van der Waals surface area contributed by atoms with Crippen LogP contribution in [0.25, 0.3) is 0 Å². The highest BCUT2D eigenvalue weighted by atomic mass is 79.9. The van der Waals surface area contributed by atoms with Gasteiger partial charge in [-0.25, -0.2) is 0 Å². The number of benzene rings is 1. The standard InChI is InChI=1S/C14H15BrF3NO/c15-9-10-5-7-19(8-6-10)13(20)11-3-1-2-4-12(11)14(16,17)18/h1-4,10H,5-9H2. The van der Waals surface area contributed by atoms with Crippen LogP contribution in [0.3, 0.4) is 0 Å². The summed E-state index contributed by atoms with van der Waals surface area (Å²) in [5.41, 5.74) is -1.11. The molecule has 6 heteroatoms. The van der Waals surface area contributed by atoms with Crippen molar-refractivity contribution in [3.05, 3.63) is 35.4 Å². The van der Waals surface area contributed by atoms with Gasteiger partial charge in [-0.3, -0.25) is 4.79 Å². The molecule has 1 fully saturated rings. The normalized spacial score (nSPS) is 17.3. The van der Waals surface area contributed by atoms with Gasteiger partial charge < -0.3 is 4.90 Å². The van der Waals surface area contributed by atoms with E-state index in [1.54, 1.807) is 0 Å². The maximum Gasteiger partial charge on any atom is 0.417 e. The monoisotopic (exact) mass is 349 g/mol. The molecule has 1 heterocycles. The van der Waals surface area contributed by atoms with Gasteiger partial charge in [0.1, 0.15) is 0 Å². The lowest BCUT2D eigenvalue weighted by Crippen LogP contribution is -2.39. The number of likely N-dealkylation sites (tertiary alicyclic amines) is 1. The molecule has 0 bridgehead atoms. The first-order valence-corrected chi connectivity index (χ1v) is 7.57. The minimum Gasteiger partial charge on any atom is -0.339 e. The Morgan fingerprint density at radius 2 is 1.85 bits per heavy atom. The first kappa shape index (κ1) is 15.4. The predicted octanol–water partition coefficient (Wildman–Crippen LogP) is 3.95. The molecule has 20 heavy (non-hydrogen) atoms. The maximum absolute atomic E-state index is 12.9. The number of hydrogen-bond donors (Lipinski definition) is 0. The molecule has 0 unspecified atom stereocenters. The van der Waals surface area contributed by atoms with E-state index in [1.165, 1.54) is 23.1 Å². The summed E-state index contributed by atoms with van der Waals surface area (Å²) in [5.74, 6) is -0.0251. The van der Waals surface area contributed by atoms with Crippen LogP contribution in [0, 0.1) is 5.92 Å². The average molecular weight is 350 g/mol. The second-order valence-electron chi connectivity index (χ2n) is 4.93. The number of amides is 1. The van der Waals surface area contributed by atoms with Crippen molar-refractivity contribution in [2.45, 2.75) is 19.0 Å². The molecule has 1 aromatic rings. The van der Waals surface area contributed by atoms with E-state index in [4.69, 9.17) is 0 Å². The van der Waals surface area contributed by atoms with E-state index in [1.807, 2.05) is 0 Å². The van der Waals surface area contributed by atoms with Crippen LogP contribution in [0.5, 0.6) is 0 Å². The summed E-state index contributed by atoms with van der Waals surface area (Å²) in [6.07, 6.45) is -2.85. The first-order chi connectivity index (χ1) is 9.43. The maximum atomic E-state index is 12.9. The number of rotatable bonds is 2. The summed E-state index contributed by atoms with van der Waals surface area (Å²) in [6, 6.07) is 4.98. The Hall–Kier alpha value is -1.04. The van der Waals surface area contributed by atoms with Crippen LogP contribution in [0.1, 0.15) is 28.8 Å². The second-order valence-corrected chi connectivity index (χ2v) is 5.58. The Morgan fingerprint density at radius 3 is 2.40 bits per heavy atom. The Bertz CT molecular complexity index is 482. The Labute approximate surface area is 124 Å². The molecule has 0 radical (unpaired) electrons. The van der Waals surface area contributed by atoms with Gasteiger partial charge in [0.05, 0.1) is 11.1 Å². The largest absolute Gasteiger partial charge is 0.417 e. The molecule has 0 saturated carbocycles. The molecule has 1 aliphatic heterocycles. The number of alkyl halides is 4. The SMILES string of the molecule is O=C(c1ccccc1C(F)(F)F)N1CCC(CBr)CC1. The van der Waals surface area contributed by atoms with Crippen molar-refractivity contribution >= 4 is 21.8 Å². The van der Waals surface area contributed by atoms with E-state index in [2.05, 4.69) is 15.9 Å². The van der Waals surface area contributed by atoms with Crippen LogP contribution in [0.2, 0.25) is 0 Å². The smallest absolute Gasteiger partial charge is 0.339 e. The average Bonchev–Trinajstić information content (AvgIpc) is 2.46. The number of carbonyl (C=O) groups is 1. The number of halogens is 4. The highest BCUT2D eigenvalue weighted by Crippen LogP contribution is 2.33. The molecule has 2 rings (SSSR count). The molecule has 1 aromatic carbocycles. The molecule has 110 valence electrons. The van der Waals surface area contributed by atoms with E-state index in [-0.39, 0.29) is 5.56 Å². The quantitative estimate of drug-likeness (QED) is 0.740. The highest BCUT2D eigenvalue weighted by molar-refractivity contribution is 9.09. The number of carbonyl (C=O) groups excluding carboxylic acids is 1. The molecule has 0 aromatic heterocycles. The third-order valence-corrected chi connectivity index (χ3v) is 4.50. The molecule has 1 aliphatic rings. The molecular formula is C14H15BrF3NO. The summed E-state index contributed by atoms with van der Waals surface area (Å²) < 4.78 is 38.7. The molecule has 0 spiro atoms. The number of piperidine rings is 1. The zero-order valence-electron chi connectivity index (χ0n) is 10.8. The minimum absolute atomic E-state index is 0.253. The van der Waals surface area contributed by atoms with Crippen molar-refractivity contribution in [2.24, 2.45) is 5.92 Å². The third kappa shape index (κ3) is 3.34. The second kappa shape index (κ2) is 6.16. The third-order valence-electron chi connectivity index (χ3n) is 3.58. The van der Waals surface area contributed by atoms with Gasteiger partial charge in [0, 0.05) is 18.4 Å². The van der Waals surface area contributed by atoms with Gasteiger partial charge >= 0.3 is 6.18 Å². The summed E-state index contributed by atoms with van der Waals surface area (Å²) in [5, 5.41) is 0.869. The minimum atomic E-state index is -4.50. The van der Waals surface area contributed by atoms with Gasteiger partial charge in [0.2, 0.25) is 0 Å². The van der Waals surface area contributed by atoms with Gasteiger partial charge in [-0.2, -0.15) is 13.2 Å². The summed E-state index contributed by atoms with van der Waals surface area (Å²) in [4.78, 5) is 13.8. The van der Waals surface area contributed by atoms with Crippen LogP contribution in [-0.4, -0.2) is 29.2 Å². The molecule has 0 N–H and O–H groups in total. The van der Waals surface area contributed by atoms with E-state index in [9.17, 15) is 18.0 Å². The Morgan fingerprint density at radius 1 is 1.25 bits per heavy atom. The lowest BCUT2D eigenvalue weighted by Gasteiger charge is -2.31. The van der Waals surface area contributed by atoms with Crippen molar-refractivity contribution in [3.63, 3.8) is 0 Å². The zero-order valence-corrected chi connectivity index (χ0v) is 12.4. The van der Waals surface area contributed by atoms with E-state index >= 15 is 0 Å². The van der Waals surface area contributed by atoms with E-state index in [0.29, 0.717) is 19.0 Å². The number of hydrogen-bond acceptors (Lipinski definition) is 1. The Kier molecular flexibility index (Phi) is 4.73. The van der Waals surface area contributed by atoms with Crippen molar-refractivity contribution in [1.29, 1.82) is 0 Å². The van der Waals surface area contributed by atoms with Gasteiger partial charge in [0.15, 0.2) is 0 Å². The lowest BCUT2D eigenvalue weighted by atomic mass is 9.97. The molecule has 1 saturated heterocycles. The zero-order chi connectivity index (χ0) is 14.8. The molecule has 1 amide bonds. The van der Waals surface area contributed by atoms with Crippen LogP contribution in [-0.2, 0) is 6.18 Å². The van der Waals surface area contributed by atoms with E-state index < -0.39 is 17.6 Å². The van der Waals surface area contributed by atoms with Crippen molar-refractivity contribution in [2.75, 3.05) is 18.4 Å². The molecule has 2 nitrogen and oxygen atoms in total. The first-order valence-electron chi connectivity index (χ1n) is 6.45. The van der Waals surface area contributed by atoms with E-state index in [0.717, 1.165) is 24.2 Å². The van der Waals surface area contributed by atoms with Crippen molar-refractivity contribution in [3.8, 4) is 0 Å². The van der Waals surface area contributed by atoms with Crippen LogP contribution >= 0.6 is 15.9 Å². The molecule has 0 aliphatic carbocycles. The fourth-order valence-corrected chi connectivity index (χ4v) is 3.02. The van der Waals surface area contributed by atoms with Crippen LogP contribution < -0.4 is 0 Å². The summed E-state index contributed by atoms with van der Waals surface area (Å²) in [7, 11) is 0. The van der Waals surface area contributed by atoms with Gasteiger partial charge in [-0.05, 0) is 30.9 Å². The fourth-order valence-electron chi connectivity index (χ4n) is 2.38. The van der Waals surface area contributed by atoms with Gasteiger partial charge in [0.25, 0.3) is 5.91 Å². The molecule has 0 atom stereocenters. The number of nitrogens with zero attached hydrogens (tertiary/aromatic N) is 1. The Balaban J connectivity index is 2.18. The predicted molar refractivity (Wildman–Crippen MR) is 73.9 cm³/mol. The fraction of sp³-hybridized carbons (Fsp3) is 0.500. The highest BCUT2D eigenvalue weighted by Gasteiger charge is 2.36. The summed E-state index contributed by atoms with van der Waals surface area (Å²) >= 11 is 3.40. The van der Waals surface area contributed by atoms with Crippen molar-refractivity contribution < 1.29 is 18.0 Å². The summed E-state index contributed by atoms with van der Waals surface area (Å²) in [6.45, 7) is 1.03. The lowest BCUT2D eigenvalue weighted by molar-refractivity contribution is -0.138.